The van der Waals surface area contributed by atoms with Gasteiger partial charge in [0.1, 0.15) is 16.7 Å². The molecule has 0 bridgehead atoms. The third kappa shape index (κ3) is 3.37. The van der Waals surface area contributed by atoms with E-state index in [1.54, 1.807) is 0 Å². The van der Waals surface area contributed by atoms with E-state index in [-0.39, 0.29) is 4.75 Å². The number of anilines is 1. The molecule has 1 aromatic rings. The van der Waals surface area contributed by atoms with E-state index in [0.29, 0.717) is 5.92 Å². The van der Waals surface area contributed by atoms with Crippen LogP contribution >= 0.6 is 11.8 Å². The molecule has 0 atom stereocenters. The number of nitrogens with zero attached hydrogens (tertiary/aromatic N) is 2. The van der Waals surface area contributed by atoms with Crippen molar-refractivity contribution in [2.75, 3.05) is 11.9 Å². The minimum absolute atomic E-state index is 0.184. The molecule has 0 radical (unpaired) electrons. The van der Waals surface area contributed by atoms with Crippen LogP contribution in [0.2, 0.25) is 0 Å². The van der Waals surface area contributed by atoms with Crippen LogP contribution in [0, 0.1) is 6.92 Å². The minimum atomic E-state index is 0.184. The average Bonchev–Trinajstić information content (AvgIpc) is 3.05. The van der Waals surface area contributed by atoms with Crippen molar-refractivity contribution in [2.24, 2.45) is 0 Å². The van der Waals surface area contributed by atoms with Crippen molar-refractivity contribution in [1.82, 2.24) is 9.97 Å². The minimum Gasteiger partial charge on any atom is -0.370 e. The molecule has 1 aliphatic rings. The van der Waals surface area contributed by atoms with Gasteiger partial charge < -0.3 is 5.32 Å². The second-order valence-corrected chi connectivity index (χ2v) is 7.70. The predicted molar refractivity (Wildman–Crippen MR) is 78.5 cm³/mol. The Morgan fingerprint density at radius 3 is 2.44 bits per heavy atom. The first kappa shape index (κ1) is 13.7. The molecule has 1 N–H and O–H groups in total. The number of hydrogen-bond donors (Lipinski definition) is 1. The molecule has 1 saturated carbocycles. The lowest BCUT2D eigenvalue weighted by Crippen LogP contribution is -2.12. The van der Waals surface area contributed by atoms with E-state index in [9.17, 15) is 0 Å². The molecular formula is C14H23N3S. The Morgan fingerprint density at radius 2 is 1.94 bits per heavy atom. The number of rotatable bonds is 4. The Balaban J connectivity index is 2.36. The lowest BCUT2D eigenvalue weighted by atomic mass is 10.3. The van der Waals surface area contributed by atoms with E-state index in [4.69, 9.17) is 4.98 Å². The Hall–Kier alpha value is -0.770. The fourth-order valence-corrected chi connectivity index (χ4v) is 2.73. The third-order valence-electron chi connectivity index (χ3n) is 2.81. The second-order valence-electron chi connectivity index (χ2n) is 5.88. The summed E-state index contributed by atoms with van der Waals surface area (Å²) in [5.74, 6) is 2.65. The molecule has 4 heteroatoms. The van der Waals surface area contributed by atoms with E-state index in [1.165, 1.54) is 18.4 Å². The van der Waals surface area contributed by atoms with Gasteiger partial charge in [-0.2, -0.15) is 0 Å². The molecule has 3 nitrogen and oxygen atoms in total. The molecule has 0 saturated heterocycles. The fourth-order valence-electron chi connectivity index (χ4n) is 1.77. The van der Waals surface area contributed by atoms with Crippen molar-refractivity contribution >= 4 is 17.6 Å². The number of nitrogens with one attached hydrogen (secondary N) is 1. The fraction of sp³-hybridized carbons (Fsp3) is 0.714. The Kier molecular flexibility index (Phi) is 3.85. The summed E-state index contributed by atoms with van der Waals surface area (Å²) in [5.41, 5.74) is 1.18. The maximum atomic E-state index is 4.77. The van der Waals surface area contributed by atoms with Gasteiger partial charge in [0.05, 0.1) is 0 Å². The van der Waals surface area contributed by atoms with E-state index >= 15 is 0 Å². The van der Waals surface area contributed by atoms with Crippen molar-refractivity contribution < 1.29 is 0 Å². The summed E-state index contributed by atoms with van der Waals surface area (Å²) in [7, 11) is 0. The molecule has 1 aromatic heterocycles. The van der Waals surface area contributed by atoms with Gasteiger partial charge in [0.15, 0.2) is 0 Å². The van der Waals surface area contributed by atoms with Gasteiger partial charge in [0, 0.05) is 22.8 Å². The van der Waals surface area contributed by atoms with Crippen molar-refractivity contribution in [3.05, 3.63) is 11.4 Å². The van der Waals surface area contributed by atoms with Crippen LogP contribution in [0.1, 0.15) is 57.8 Å². The topological polar surface area (TPSA) is 37.8 Å². The molecule has 1 heterocycles. The van der Waals surface area contributed by atoms with Crippen molar-refractivity contribution in [2.45, 2.75) is 63.2 Å². The predicted octanol–water partition coefficient (Wildman–Crippen LogP) is 3.98. The first-order valence-corrected chi connectivity index (χ1v) is 7.54. The molecule has 0 amide bonds. The number of thioether (sulfide) groups is 1. The highest BCUT2D eigenvalue weighted by Gasteiger charge is 2.29. The van der Waals surface area contributed by atoms with E-state index in [1.807, 2.05) is 11.8 Å². The van der Waals surface area contributed by atoms with Gasteiger partial charge >= 0.3 is 0 Å². The van der Waals surface area contributed by atoms with Gasteiger partial charge in [-0.25, -0.2) is 9.97 Å². The van der Waals surface area contributed by atoms with Gasteiger partial charge in [-0.15, -0.1) is 11.8 Å². The molecule has 0 aliphatic heterocycles. The summed E-state index contributed by atoms with van der Waals surface area (Å²) in [6, 6.07) is 0. The highest BCUT2D eigenvalue weighted by atomic mass is 32.2. The molecule has 0 spiro atoms. The summed E-state index contributed by atoms with van der Waals surface area (Å²) < 4.78 is 0.184. The zero-order valence-electron chi connectivity index (χ0n) is 12.0. The van der Waals surface area contributed by atoms with Crippen LogP contribution in [-0.4, -0.2) is 21.3 Å². The van der Waals surface area contributed by atoms with Crippen LogP contribution in [0.5, 0.6) is 0 Å². The number of hydrogen-bond acceptors (Lipinski definition) is 4. The van der Waals surface area contributed by atoms with Gasteiger partial charge in [0.25, 0.3) is 0 Å². The molecule has 18 heavy (non-hydrogen) atoms. The zero-order chi connectivity index (χ0) is 13.3. The lowest BCUT2D eigenvalue weighted by Gasteiger charge is -2.20. The average molecular weight is 265 g/mol. The maximum Gasteiger partial charge on any atom is 0.135 e. The normalized spacial score (nSPS) is 15.8. The maximum absolute atomic E-state index is 4.77. The summed E-state index contributed by atoms with van der Waals surface area (Å²) in [6.45, 7) is 11.8. The molecular weight excluding hydrogens is 242 g/mol. The van der Waals surface area contributed by atoms with Crippen molar-refractivity contribution in [3.8, 4) is 0 Å². The number of aromatic nitrogens is 2. The van der Waals surface area contributed by atoms with E-state index < -0.39 is 0 Å². The van der Waals surface area contributed by atoms with Crippen molar-refractivity contribution in [1.29, 1.82) is 0 Å². The standard InChI is InChI=1S/C14H23N3S/c1-6-15-11-9(2)13(18-14(3,4)5)17-12(16-11)10-7-8-10/h10H,6-8H2,1-5H3,(H,15,16,17). The summed E-state index contributed by atoms with van der Waals surface area (Å²) in [4.78, 5) is 9.45. The molecule has 1 fully saturated rings. The molecule has 2 rings (SSSR count). The Labute approximate surface area is 114 Å². The second kappa shape index (κ2) is 5.08. The van der Waals surface area contributed by atoms with Crippen molar-refractivity contribution in [3.63, 3.8) is 0 Å². The lowest BCUT2D eigenvalue weighted by molar-refractivity contribution is 0.790. The molecule has 0 aromatic carbocycles. The van der Waals surface area contributed by atoms with Crippen LogP contribution < -0.4 is 5.32 Å². The van der Waals surface area contributed by atoms with E-state index in [2.05, 4.69) is 44.9 Å². The molecule has 1 aliphatic carbocycles. The van der Waals surface area contributed by atoms with Gasteiger partial charge in [-0.1, -0.05) is 20.8 Å². The molecule has 100 valence electrons. The quantitative estimate of drug-likeness (QED) is 0.660. The van der Waals surface area contributed by atoms with Gasteiger partial charge in [-0.05, 0) is 26.7 Å². The Bertz CT molecular complexity index is 433. The van der Waals surface area contributed by atoms with Gasteiger partial charge in [0.2, 0.25) is 0 Å². The molecule has 0 unspecified atom stereocenters. The highest BCUT2D eigenvalue weighted by Crippen LogP contribution is 2.41. The first-order valence-electron chi connectivity index (χ1n) is 6.72. The zero-order valence-corrected chi connectivity index (χ0v) is 12.8. The smallest absolute Gasteiger partial charge is 0.135 e. The summed E-state index contributed by atoms with van der Waals surface area (Å²) in [5, 5.41) is 4.50. The first-order chi connectivity index (χ1) is 8.40. The van der Waals surface area contributed by atoms with Crippen LogP contribution in [0.3, 0.4) is 0 Å². The highest BCUT2D eigenvalue weighted by molar-refractivity contribution is 8.00. The third-order valence-corrected chi connectivity index (χ3v) is 4.01. The van der Waals surface area contributed by atoms with Crippen LogP contribution in [0.4, 0.5) is 5.82 Å². The van der Waals surface area contributed by atoms with Crippen LogP contribution in [0.25, 0.3) is 0 Å². The van der Waals surface area contributed by atoms with E-state index in [0.717, 1.165) is 23.2 Å². The summed E-state index contributed by atoms with van der Waals surface area (Å²) in [6.07, 6.45) is 2.49. The SMILES string of the molecule is CCNc1nc(C2CC2)nc(SC(C)(C)C)c1C. The Morgan fingerprint density at radius 1 is 1.28 bits per heavy atom. The van der Waals surface area contributed by atoms with Crippen LogP contribution in [-0.2, 0) is 0 Å². The van der Waals surface area contributed by atoms with Gasteiger partial charge in [-0.3, -0.25) is 0 Å². The summed E-state index contributed by atoms with van der Waals surface area (Å²) >= 11 is 1.84. The monoisotopic (exact) mass is 265 g/mol. The largest absolute Gasteiger partial charge is 0.370 e. The van der Waals surface area contributed by atoms with Crippen LogP contribution in [0.15, 0.2) is 5.03 Å².